The van der Waals surface area contributed by atoms with Crippen molar-refractivity contribution in [2.75, 3.05) is 7.11 Å². The van der Waals surface area contributed by atoms with Gasteiger partial charge in [-0.3, -0.25) is 10.1 Å². The van der Waals surface area contributed by atoms with Gasteiger partial charge < -0.3 is 4.74 Å². The molecule has 1 aromatic rings. The number of nitro benzene ring substituents is 1. The van der Waals surface area contributed by atoms with Crippen LogP contribution in [0.1, 0.15) is 5.56 Å². The summed E-state index contributed by atoms with van der Waals surface area (Å²) in [4.78, 5) is 10.1. The maximum Gasteiger partial charge on any atom is 0.275 e. The Bertz CT molecular complexity index is 370. The van der Waals surface area contributed by atoms with Crippen molar-refractivity contribution in [1.29, 1.82) is 0 Å². The number of benzene rings is 1. The number of rotatable bonds is 3. The molecule has 0 fully saturated rings. The van der Waals surface area contributed by atoms with E-state index >= 15 is 0 Å². The van der Waals surface area contributed by atoms with Crippen molar-refractivity contribution in [1.82, 2.24) is 0 Å². The predicted molar refractivity (Wildman–Crippen MR) is 57.3 cm³/mol. The van der Waals surface area contributed by atoms with Crippen molar-refractivity contribution in [3.05, 3.63) is 32.8 Å². The first-order valence-electron chi connectivity index (χ1n) is 3.67. The fourth-order valence-electron chi connectivity index (χ4n) is 1.05. The highest BCUT2D eigenvalue weighted by Gasteiger charge is 2.18. The van der Waals surface area contributed by atoms with Gasteiger partial charge in [-0.25, -0.2) is 0 Å². The number of ether oxygens (including phenoxy) is 1. The first-order valence-corrected chi connectivity index (χ1v) is 5.17. The average Bonchev–Trinajstić information content (AvgIpc) is 2.17. The molecule has 0 saturated heterocycles. The van der Waals surface area contributed by atoms with Crippen molar-refractivity contribution < 1.29 is 9.66 Å². The lowest BCUT2D eigenvalue weighted by atomic mass is 10.2. The first-order chi connectivity index (χ1) is 6.61. The predicted octanol–water partition coefficient (Wildman–Crippen LogP) is 3.15. The minimum atomic E-state index is -0.470. The lowest BCUT2D eigenvalue weighted by molar-refractivity contribution is -0.385. The lowest BCUT2D eigenvalue weighted by Gasteiger charge is -2.06. The molecular weight excluding hydrogens is 273 g/mol. The van der Waals surface area contributed by atoms with E-state index in [1.807, 2.05) is 0 Å². The highest BCUT2D eigenvalue weighted by Crippen LogP contribution is 2.35. The van der Waals surface area contributed by atoms with Gasteiger partial charge in [0, 0.05) is 11.4 Å². The summed E-state index contributed by atoms with van der Waals surface area (Å²) in [5.41, 5.74) is 0.420. The molecule has 0 spiro atoms. The number of alkyl halides is 1. The molecule has 0 N–H and O–H groups in total. The van der Waals surface area contributed by atoms with Crippen molar-refractivity contribution >= 4 is 33.2 Å². The molecule has 0 amide bonds. The number of nitro groups is 1. The Morgan fingerprint density at radius 1 is 1.64 bits per heavy atom. The third-order valence-corrected chi connectivity index (χ3v) is 2.71. The third-order valence-electron chi connectivity index (χ3n) is 1.73. The Labute approximate surface area is 94.1 Å². The zero-order valence-corrected chi connectivity index (χ0v) is 9.63. The van der Waals surface area contributed by atoms with Gasteiger partial charge >= 0.3 is 0 Å². The summed E-state index contributed by atoms with van der Waals surface area (Å²) in [6.45, 7) is 0. The Hall–Kier alpha value is -0.810. The number of hydrogen-bond donors (Lipinski definition) is 0. The highest BCUT2D eigenvalue weighted by atomic mass is 79.9. The highest BCUT2D eigenvalue weighted by molar-refractivity contribution is 9.08. The van der Waals surface area contributed by atoms with E-state index < -0.39 is 4.92 Å². The van der Waals surface area contributed by atoms with Crippen LogP contribution in [-0.4, -0.2) is 12.0 Å². The van der Waals surface area contributed by atoms with Crippen LogP contribution < -0.4 is 4.74 Å². The van der Waals surface area contributed by atoms with Crippen LogP contribution in [-0.2, 0) is 5.33 Å². The molecule has 0 aromatic heterocycles. The fourth-order valence-corrected chi connectivity index (χ4v) is 2.08. The molecule has 0 radical (unpaired) electrons. The summed E-state index contributed by atoms with van der Waals surface area (Å²) in [6.07, 6.45) is 0. The minimum Gasteiger partial charge on any atom is -0.495 e. The molecule has 0 bridgehead atoms. The van der Waals surface area contributed by atoms with E-state index in [1.165, 1.54) is 19.2 Å². The second-order valence-corrected chi connectivity index (χ2v) is 3.41. The van der Waals surface area contributed by atoms with Gasteiger partial charge in [-0.1, -0.05) is 27.5 Å². The summed E-state index contributed by atoms with van der Waals surface area (Å²) in [5, 5.41) is 11.2. The topological polar surface area (TPSA) is 52.4 Å². The van der Waals surface area contributed by atoms with E-state index in [1.54, 1.807) is 0 Å². The van der Waals surface area contributed by atoms with Crippen LogP contribution in [0.25, 0.3) is 0 Å². The molecule has 0 aliphatic rings. The molecular formula is C8H7BrClNO3. The van der Waals surface area contributed by atoms with Crippen molar-refractivity contribution in [2.45, 2.75) is 5.33 Å². The van der Waals surface area contributed by atoms with Crippen molar-refractivity contribution in [3.63, 3.8) is 0 Å². The SMILES string of the molecule is COc1ccc([N+](=O)[O-])c(CBr)c1Cl. The van der Waals surface area contributed by atoms with Gasteiger partial charge in [-0.05, 0) is 6.07 Å². The number of hydrogen-bond acceptors (Lipinski definition) is 3. The van der Waals surface area contributed by atoms with E-state index in [0.717, 1.165) is 0 Å². The molecule has 0 saturated carbocycles. The van der Waals surface area contributed by atoms with Gasteiger partial charge in [-0.2, -0.15) is 0 Å². The molecule has 4 nitrogen and oxygen atoms in total. The Balaban J connectivity index is 3.35. The van der Waals surface area contributed by atoms with E-state index in [4.69, 9.17) is 16.3 Å². The average molecular weight is 281 g/mol. The van der Waals surface area contributed by atoms with Gasteiger partial charge in [0.2, 0.25) is 0 Å². The van der Waals surface area contributed by atoms with Gasteiger partial charge in [-0.15, -0.1) is 0 Å². The fraction of sp³-hybridized carbons (Fsp3) is 0.250. The molecule has 0 heterocycles. The molecule has 6 heteroatoms. The van der Waals surface area contributed by atoms with Crippen LogP contribution in [0.5, 0.6) is 5.75 Å². The van der Waals surface area contributed by atoms with Crippen LogP contribution >= 0.6 is 27.5 Å². The normalized spacial score (nSPS) is 9.93. The quantitative estimate of drug-likeness (QED) is 0.485. The molecule has 14 heavy (non-hydrogen) atoms. The second kappa shape index (κ2) is 4.61. The largest absolute Gasteiger partial charge is 0.495 e. The molecule has 0 unspecified atom stereocenters. The third kappa shape index (κ3) is 1.99. The Morgan fingerprint density at radius 2 is 2.29 bits per heavy atom. The minimum absolute atomic E-state index is 0.00678. The van der Waals surface area contributed by atoms with Gasteiger partial charge in [0.15, 0.2) is 0 Å². The van der Waals surface area contributed by atoms with E-state index in [0.29, 0.717) is 16.6 Å². The van der Waals surface area contributed by atoms with Crippen LogP contribution in [0.2, 0.25) is 5.02 Å². The standard InChI is InChI=1S/C8H7BrClNO3/c1-14-7-3-2-6(11(12)13)5(4-9)8(7)10/h2-3H,4H2,1H3. The molecule has 76 valence electrons. The number of nitrogens with zero attached hydrogens (tertiary/aromatic N) is 1. The molecule has 0 aliphatic carbocycles. The van der Waals surface area contributed by atoms with Gasteiger partial charge in [0.1, 0.15) is 5.75 Å². The second-order valence-electron chi connectivity index (χ2n) is 2.47. The molecule has 0 atom stereocenters. The summed E-state index contributed by atoms with van der Waals surface area (Å²) in [6, 6.07) is 2.86. The summed E-state index contributed by atoms with van der Waals surface area (Å²) in [5.74, 6) is 0.437. The smallest absolute Gasteiger partial charge is 0.275 e. The monoisotopic (exact) mass is 279 g/mol. The summed E-state index contributed by atoms with van der Waals surface area (Å²) in [7, 11) is 1.46. The Kier molecular flexibility index (Phi) is 3.71. The summed E-state index contributed by atoms with van der Waals surface area (Å²) >= 11 is 9.05. The van der Waals surface area contributed by atoms with Crippen LogP contribution in [0.3, 0.4) is 0 Å². The van der Waals surface area contributed by atoms with Gasteiger partial charge in [0.25, 0.3) is 5.69 Å². The van der Waals surface area contributed by atoms with E-state index in [-0.39, 0.29) is 10.7 Å². The van der Waals surface area contributed by atoms with Crippen molar-refractivity contribution in [3.8, 4) is 5.75 Å². The molecule has 1 rings (SSSR count). The number of methoxy groups -OCH3 is 1. The number of halogens is 2. The van der Waals surface area contributed by atoms with Crippen LogP contribution in [0.15, 0.2) is 12.1 Å². The Morgan fingerprint density at radius 3 is 2.71 bits per heavy atom. The summed E-state index contributed by atoms with van der Waals surface area (Å²) < 4.78 is 4.95. The van der Waals surface area contributed by atoms with Crippen LogP contribution in [0, 0.1) is 10.1 Å². The zero-order valence-electron chi connectivity index (χ0n) is 7.29. The van der Waals surface area contributed by atoms with Crippen molar-refractivity contribution in [2.24, 2.45) is 0 Å². The maximum absolute atomic E-state index is 10.6. The zero-order chi connectivity index (χ0) is 10.7. The van der Waals surface area contributed by atoms with Gasteiger partial charge in [0.05, 0.1) is 22.6 Å². The molecule has 0 aliphatic heterocycles. The van der Waals surface area contributed by atoms with Crippen LogP contribution in [0.4, 0.5) is 5.69 Å². The lowest BCUT2D eigenvalue weighted by Crippen LogP contribution is -1.96. The van der Waals surface area contributed by atoms with E-state index in [2.05, 4.69) is 15.9 Å². The molecule has 1 aromatic carbocycles. The maximum atomic E-state index is 10.6. The van der Waals surface area contributed by atoms with E-state index in [9.17, 15) is 10.1 Å². The first kappa shape index (κ1) is 11.3.